The Morgan fingerprint density at radius 3 is 2.62 bits per heavy atom. The van der Waals surface area contributed by atoms with E-state index in [9.17, 15) is 13.2 Å². The van der Waals surface area contributed by atoms with E-state index in [2.05, 4.69) is 5.32 Å². The van der Waals surface area contributed by atoms with Gasteiger partial charge in [0.1, 0.15) is 10.6 Å². The molecule has 0 atom stereocenters. The fraction of sp³-hybridized carbons (Fsp3) is 0.353. The van der Waals surface area contributed by atoms with Gasteiger partial charge in [0.15, 0.2) is 11.0 Å². The molecule has 26 heavy (non-hydrogen) atoms. The fourth-order valence-electron chi connectivity index (χ4n) is 2.76. The first-order valence-corrected chi connectivity index (χ1v) is 10.1. The molecule has 2 aromatic rings. The van der Waals surface area contributed by atoms with Gasteiger partial charge in [-0.2, -0.15) is 4.31 Å². The summed E-state index contributed by atoms with van der Waals surface area (Å²) in [4.78, 5) is 12.2. The zero-order valence-electron chi connectivity index (χ0n) is 14.2. The number of anilines is 1. The molecule has 1 N–H and O–H groups in total. The van der Waals surface area contributed by atoms with E-state index in [0.717, 1.165) is 12.8 Å². The lowest BCUT2D eigenvalue weighted by molar-refractivity contribution is 0.0996. The molecule has 2 heterocycles. The third-order valence-corrected chi connectivity index (χ3v) is 6.10. The summed E-state index contributed by atoms with van der Waals surface area (Å²) in [6, 6.07) is 7.42. The molecular weight excluding hydrogens is 380 g/mol. The van der Waals surface area contributed by atoms with Crippen LogP contribution >= 0.6 is 11.6 Å². The van der Waals surface area contributed by atoms with Crippen LogP contribution in [0.4, 0.5) is 5.69 Å². The van der Waals surface area contributed by atoms with E-state index >= 15 is 0 Å². The Balaban J connectivity index is 1.92. The lowest BCUT2D eigenvalue weighted by Gasteiger charge is -2.19. The second-order valence-electron chi connectivity index (χ2n) is 5.76. The summed E-state index contributed by atoms with van der Waals surface area (Å²) in [6.45, 7) is 3.08. The zero-order valence-corrected chi connectivity index (χ0v) is 15.8. The molecule has 0 spiro atoms. The molecule has 1 fully saturated rings. The monoisotopic (exact) mass is 398 g/mol. The quantitative estimate of drug-likeness (QED) is 0.805. The predicted octanol–water partition coefficient (Wildman–Crippen LogP) is 3.37. The van der Waals surface area contributed by atoms with Gasteiger partial charge in [0.25, 0.3) is 5.91 Å². The Hall–Kier alpha value is -2.03. The van der Waals surface area contributed by atoms with Crippen LogP contribution in [0.2, 0.25) is 5.22 Å². The number of benzene rings is 1. The highest BCUT2D eigenvalue weighted by Gasteiger charge is 2.30. The maximum Gasteiger partial charge on any atom is 0.291 e. The van der Waals surface area contributed by atoms with Gasteiger partial charge in [-0.15, -0.1) is 0 Å². The molecule has 3 rings (SSSR count). The summed E-state index contributed by atoms with van der Waals surface area (Å²) in [7, 11) is -3.70. The smallest absolute Gasteiger partial charge is 0.291 e. The molecule has 1 aliphatic rings. The molecule has 0 bridgehead atoms. The minimum atomic E-state index is -3.70. The van der Waals surface area contributed by atoms with Gasteiger partial charge in [0, 0.05) is 18.8 Å². The summed E-state index contributed by atoms with van der Waals surface area (Å²) < 4.78 is 37.8. The summed E-state index contributed by atoms with van der Waals surface area (Å²) in [5, 5.41) is 2.71. The van der Waals surface area contributed by atoms with Crippen molar-refractivity contribution >= 4 is 33.2 Å². The van der Waals surface area contributed by atoms with Crippen molar-refractivity contribution in [1.82, 2.24) is 4.31 Å². The molecule has 0 unspecified atom stereocenters. The Kier molecular flexibility index (Phi) is 5.55. The second-order valence-corrected chi connectivity index (χ2v) is 8.04. The molecule has 1 aliphatic heterocycles. The van der Waals surface area contributed by atoms with Gasteiger partial charge in [0.2, 0.25) is 10.0 Å². The Labute approximate surface area is 156 Å². The molecule has 1 aromatic heterocycles. The normalized spacial score (nSPS) is 15.2. The molecule has 1 amide bonds. The van der Waals surface area contributed by atoms with E-state index in [1.54, 1.807) is 13.0 Å². The number of carbonyl (C=O) groups is 1. The minimum absolute atomic E-state index is 0.0350. The molecular formula is C17H19ClN2O5S. The third kappa shape index (κ3) is 3.87. The summed E-state index contributed by atoms with van der Waals surface area (Å²) >= 11 is 5.67. The summed E-state index contributed by atoms with van der Waals surface area (Å²) in [5.74, 6) is -0.225. The third-order valence-electron chi connectivity index (χ3n) is 3.98. The number of nitrogens with one attached hydrogen (secondary N) is 1. The molecule has 1 saturated heterocycles. The Morgan fingerprint density at radius 1 is 1.27 bits per heavy atom. The van der Waals surface area contributed by atoms with Crippen LogP contribution in [-0.2, 0) is 10.0 Å². The average molecular weight is 399 g/mol. The molecule has 7 nitrogen and oxygen atoms in total. The Morgan fingerprint density at radius 2 is 2.00 bits per heavy atom. The van der Waals surface area contributed by atoms with Crippen molar-refractivity contribution < 1.29 is 22.4 Å². The molecule has 1 aromatic carbocycles. The second kappa shape index (κ2) is 7.69. The van der Waals surface area contributed by atoms with E-state index < -0.39 is 15.9 Å². The van der Waals surface area contributed by atoms with Crippen molar-refractivity contribution in [2.45, 2.75) is 24.7 Å². The van der Waals surface area contributed by atoms with Crippen molar-refractivity contribution in [3.8, 4) is 5.75 Å². The number of ether oxygens (including phenoxy) is 1. The Bertz CT molecular complexity index is 904. The van der Waals surface area contributed by atoms with Crippen LogP contribution in [0, 0.1) is 0 Å². The largest absolute Gasteiger partial charge is 0.492 e. The molecule has 0 aliphatic carbocycles. The highest BCUT2D eigenvalue weighted by molar-refractivity contribution is 7.89. The number of hydrogen-bond donors (Lipinski definition) is 1. The van der Waals surface area contributed by atoms with Gasteiger partial charge >= 0.3 is 0 Å². The highest BCUT2D eigenvalue weighted by Crippen LogP contribution is 2.32. The van der Waals surface area contributed by atoms with E-state index in [4.69, 9.17) is 20.8 Å². The van der Waals surface area contributed by atoms with Gasteiger partial charge in [-0.1, -0.05) is 0 Å². The van der Waals surface area contributed by atoms with Crippen LogP contribution in [0.25, 0.3) is 0 Å². The van der Waals surface area contributed by atoms with E-state index in [1.807, 2.05) is 0 Å². The van der Waals surface area contributed by atoms with E-state index in [-0.39, 0.29) is 21.6 Å². The van der Waals surface area contributed by atoms with Gasteiger partial charge < -0.3 is 14.5 Å². The van der Waals surface area contributed by atoms with Crippen molar-refractivity contribution in [1.29, 1.82) is 0 Å². The number of rotatable bonds is 6. The standard InChI is InChI=1S/C17H19ClN2O5S/c1-2-24-13-6-5-12(19-17(21)14-7-8-16(18)25-14)11-15(13)26(22,23)20-9-3-4-10-20/h5-8,11H,2-4,9-10H2,1H3,(H,19,21). The highest BCUT2D eigenvalue weighted by atomic mass is 35.5. The van der Waals surface area contributed by atoms with E-state index in [1.165, 1.54) is 28.6 Å². The number of furan rings is 1. The lowest BCUT2D eigenvalue weighted by Crippen LogP contribution is -2.28. The van der Waals surface area contributed by atoms with Gasteiger partial charge in [-0.05, 0) is 61.7 Å². The van der Waals surface area contributed by atoms with Crippen LogP contribution in [0.5, 0.6) is 5.75 Å². The van der Waals surface area contributed by atoms with Crippen LogP contribution in [0.3, 0.4) is 0 Å². The first kappa shape index (κ1) is 18.8. The topological polar surface area (TPSA) is 88.8 Å². The maximum absolute atomic E-state index is 12.9. The number of sulfonamides is 1. The van der Waals surface area contributed by atoms with Crippen molar-refractivity contribution in [2.75, 3.05) is 25.0 Å². The molecule has 9 heteroatoms. The summed E-state index contributed by atoms with van der Waals surface area (Å²) in [6.07, 6.45) is 1.66. The SMILES string of the molecule is CCOc1ccc(NC(=O)c2ccc(Cl)o2)cc1S(=O)(=O)N1CCCC1. The van der Waals surface area contributed by atoms with Crippen LogP contribution in [-0.4, -0.2) is 38.3 Å². The lowest BCUT2D eigenvalue weighted by atomic mass is 10.3. The minimum Gasteiger partial charge on any atom is -0.492 e. The fourth-order valence-corrected chi connectivity index (χ4v) is 4.58. The summed E-state index contributed by atoms with van der Waals surface area (Å²) in [5.41, 5.74) is 0.323. The van der Waals surface area contributed by atoms with Crippen molar-refractivity contribution in [3.63, 3.8) is 0 Å². The zero-order chi connectivity index (χ0) is 18.7. The van der Waals surface area contributed by atoms with Gasteiger partial charge in [-0.3, -0.25) is 4.79 Å². The van der Waals surface area contributed by atoms with Crippen molar-refractivity contribution in [3.05, 3.63) is 41.3 Å². The van der Waals surface area contributed by atoms with Crippen LogP contribution in [0.15, 0.2) is 39.6 Å². The van der Waals surface area contributed by atoms with Gasteiger partial charge in [-0.25, -0.2) is 8.42 Å². The maximum atomic E-state index is 12.9. The number of carbonyl (C=O) groups excluding carboxylic acids is 1. The number of halogens is 1. The van der Waals surface area contributed by atoms with Crippen LogP contribution in [0.1, 0.15) is 30.3 Å². The first-order valence-electron chi connectivity index (χ1n) is 8.25. The molecule has 140 valence electrons. The average Bonchev–Trinajstić information content (AvgIpc) is 3.28. The van der Waals surface area contributed by atoms with Crippen LogP contribution < -0.4 is 10.1 Å². The molecule has 0 saturated carbocycles. The van der Waals surface area contributed by atoms with Crippen molar-refractivity contribution in [2.24, 2.45) is 0 Å². The molecule has 0 radical (unpaired) electrons. The van der Waals surface area contributed by atoms with E-state index in [0.29, 0.717) is 25.4 Å². The number of amides is 1. The number of hydrogen-bond acceptors (Lipinski definition) is 5. The van der Waals surface area contributed by atoms with Gasteiger partial charge in [0.05, 0.1) is 6.61 Å². The first-order chi connectivity index (χ1) is 12.4. The predicted molar refractivity (Wildman–Crippen MR) is 97.3 cm³/mol. The number of nitrogens with zero attached hydrogens (tertiary/aromatic N) is 1.